The Morgan fingerprint density at radius 3 is 2.29 bits per heavy atom. The van der Waals surface area contributed by atoms with E-state index in [1.807, 2.05) is 0 Å². The molecule has 0 aliphatic carbocycles. The predicted molar refractivity (Wildman–Crippen MR) is 92.4 cm³/mol. The second-order valence-electron chi connectivity index (χ2n) is 4.88. The Hall–Kier alpha value is -0.620. The van der Waals surface area contributed by atoms with Gasteiger partial charge in [0.05, 0.1) is 22.1 Å². The van der Waals surface area contributed by atoms with Gasteiger partial charge in [-0.2, -0.15) is 0 Å². The van der Waals surface area contributed by atoms with Crippen LogP contribution in [-0.2, 0) is 0 Å². The minimum absolute atomic E-state index is 0.0555. The summed E-state index contributed by atoms with van der Waals surface area (Å²) in [6, 6.07) is 4.57. The lowest BCUT2D eigenvalue weighted by Crippen LogP contribution is -1.99. The predicted octanol–water partition coefficient (Wildman–Crippen LogP) is 5.86. The molecule has 118 valence electrons. The van der Waals surface area contributed by atoms with Gasteiger partial charge in [0.15, 0.2) is 0 Å². The highest BCUT2D eigenvalue weighted by molar-refractivity contribution is 9.10. The largest absolute Gasteiger partial charge is 0.492 e. The number of halogens is 2. The summed E-state index contributed by atoms with van der Waals surface area (Å²) in [5, 5.41) is 11.8. The number of unbranched alkanes of at least 4 members (excludes halogenated alkanes) is 6. The summed E-state index contributed by atoms with van der Waals surface area (Å²) in [4.78, 5) is 10.3. The third-order valence-electron chi connectivity index (χ3n) is 3.16. The molecule has 0 atom stereocenters. The first-order valence-electron chi connectivity index (χ1n) is 7.28. The van der Waals surface area contributed by atoms with Crippen LogP contribution in [0.2, 0.25) is 0 Å². The van der Waals surface area contributed by atoms with Crippen LogP contribution in [0.4, 0.5) is 5.69 Å². The molecule has 21 heavy (non-hydrogen) atoms. The van der Waals surface area contributed by atoms with Gasteiger partial charge in [0.25, 0.3) is 5.69 Å². The van der Waals surface area contributed by atoms with E-state index in [0.29, 0.717) is 12.4 Å². The van der Waals surface area contributed by atoms with Gasteiger partial charge in [0, 0.05) is 11.4 Å². The number of nitro benzene ring substituents is 1. The van der Waals surface area contributed by atoms with E-state index in [9.17, 15) is 10.1 Å². The first-order chi connectivity index (χ1) is 10.1. The maximum absolute atomic E-state index is 10.7. The number of hydrogen-bond acceptors (Lipinski definition) is 3. The third kappa shape index (κ3) is 7.81. The lowest BCUT2D eigenvalue weighted by atomic mass is 10.1. The van der Waals surface area contributed by atoms with Crippen molar-refractivity contribution in [2.24, 2.45) is 0 Å². The molecular weight excluding hydrogens is 402 g/mol. The Balaban J connectivity index is 2.18. The van der Waals surface area contributed by atoms with Crippen LogP contribution in [0.25, 0.3) is 0 Å². The molecule has 0 saturated heterocycles. The van der Waals surface area contributed by atoms with E-state index in [-0.39, 0.29) is 5.69 Å². The molecule has 6 heteroatoms. The molecular formula is C15H21Br2NO3. The van der Waals surface area contributed by atoms with E-state index in [2.05, 4.69) is 31.9 Å². The highest BCUT2D eigenvalue weighted by Gasteiger charge is 2.10. The zero-order valence-corrected chi connectivity index (χ0v) is 15.2. The van der Waals surface area contributed by atoms with Crippen LogP contribution < -0.4 is 4.74 Å². The molecule has 0 N–H and O–H groups in total. The van der Waals surface area contributed by atoms with Crippen molar-refractivity contribution in [2.75, 3.05) is 11.9 Å². The van der Waals surface area contributed by atoms with Crippen LogP contribution >= 0.6 is 31.9 Å². The Morgan fingerprint density at radius 2 is 1.67 bits per heavy atom. The molecule has 0 spiro atoms. The van der Waals surface area contributed by atoms with Gasteiger partial charge in [-0.15, -0.1) is 0 Å². The minimum atomic E-state index is -0.410. The van der Waals surface area contributed by atoms with Crippen LogP contribution in [-0.4, -0.2) is 16.9 Å². The number of ether oxygens (including phenoxy) is 1. The van der Waals surface area contributed by atoms with E-state index in [4.69, 9.17) is 4.74 Å². The molecule has 0 bridgehead atoms. The molecule has 0 saturated carbocycles. The summed E-state index contributed by atoms with van der Waals surface area (Å²) in [7, 11) is 0. The van der Waals surface area contributed by atoms with Crippen LogP contribution in [0.1, 0.15) is 44.9 Å². The van der Waals surface area contributed by atoms with Gasteiger partial charge in [-0.25, -0.2) is 0 Å². The van der Waals surface area contributed by atoms with Crippen LogP contribution in [0.15, 0.2) is 22.7 Å². The normalized spacial score (nSPS) is 10.6. The zero-order valence-electron chi connectivity index (χ0n) is 12.0. The van der Waals surface area contributed by atoms with Gasteiger partial charge in [0.1, 0.15) is 5.75 Å². The molecule has 1 rings (SSSR count). The highest BCUT2D eigenvalue weighted by atomic mass is 79.9. The number of alkyl halides is 1. The van der Waals surface area contributed by atoms with Crippen molar-refractivity contribution in [2.45, 2.75) is 44.9 Å². The number of non-ortho nitro benzene ring substituents is 1. The smallest absolute Gasteiger partial charge is 0.273 e. The summed E-state index contributed by atoms with van der Waals surface area (Å²) in [6.45, 7) is 0.598. The fraction of sp³-hybridized carbons (Fsp3) is 0.600. The molecule has 0 amide bonds. The lowest BCUT2D eigenvalue weighted by Gasteiger charge is -2.08. The molecule has 0 aromatic heterocycles. The molecule has 0 heterocycles. The molecule has 0 aliphatic heterocycles. The minimum Gasteiger partial charge on any atom is -0.492 e. The second kappa shape index (κ2) is 11.0. The highest BCUT2D eigenvalue weighted by Crippen LogP contribution is 2.29. The average Bonchev–Trinajstić information content (AvgIpc) is 2.47. The maximum atomic E-state index is 10.7. The fourth-order valence-corrected chi connectivity index (χ4v) is 2.74. The SMILES string of the molecule is O=[N+]([O-])c1ccc(Br)c(OCCCCCCCCCBr)c1. The van der Waals surface area contributed by atoms with Crippen molar-refractivity contribution in [1.82, 2.24) is 0 Å². The number of benzene rings is 1. The number of hydrogen-bond donors (Lipinski definition) is 0. The van der Waals surface area contributed by atoms with Crippen LogP contribution in [0.5, 0.6) is 5.75 Å². The van der Waals surface area contributed by atoms with E-state index in [0.717, 1.165) is 22.6 Å². The lowest BCUT2D eigenvalue weighted by molar-refractivity contribution is -0.385. The summed E-state index contributed by atoms with van der Waals surface area (Å²) >= 11 is 6.78. The van der Waals surface area contributed by atoms with Crippen LogP contribution in [0, 0.1) is 10.1 Å². The van der Waals surface area contributed by atoms with Gasteiger partial charge >= 0.3 is 0 Å². The van der Waals surface area contributed by atoms with E-state index >= 15 is 0 Å². The standard InChI is InChI=1S/C15H21Br2NO3/c16-10-6-4-2-1-3-5-7-11-21-15-12-13(18(19)20)8-9-14(15)17/h8-9,12H,1-7,10-11H2. The maximum Gasteiger partial charge on any atom is 0.273 e. The molecule has 0 aliphatic rings. The molecule has 0 unspecified atom stereocenters. The van der Waals surface area contributed by atoms with Crippen molar-refractivity contribution in [3.05, 3.63) is 32.8 Å². The zero-order chi connectivity index (χ0) is 15.5. The quantitative estimate of drug-likeness (QED) is 0.194. The summed E-state index contributed by atoms with van der Waals surface area (Å²) in [6.07, 6.45) is 8.46. The summed E-state index contributed by atoms with van der Waals surface area (Å²) in [5.41, 5.74) is 0.0555. The van der Waals surface area contributed by atoms with Crippen molar-refractivity contribution in [1.29, 1.82) is 0 Å². The monoisotopic (exact) mass is 421 g/mol. The molecule has 1 aromatic carbocycles. The van der Waals surface area contributed by atoms with Gasteiger partial charge in [0.2, 0.25) is 0 Å². The van der Waals surface area contributed by atoms with Gasteiger partial charge in [-0.1, -0.05) is 48.0 Å². The Bertz CT molecular complexity index is 441. The first kappa shape index (κ1) is 18.4. The number of nitrogens with zero attached hydrogens (tertiary/aromatic N) is 1. The Morgan fingerprint density at radius 1 is 1.05 bits per heavy atom. The van der Waals surface area contributed by atoms with Crippen molar-refractivity contribution in [3.63, 3.8) is 0 Å². The molecule has 0 fully saturated rings. The van der Waals surface area contributed by atoms with E-state index < -0.39 is 4.92 Å². The topological polar surface area (TPSA) is 52.4 Å². The third-order valence-corrected chi connectivity index (χ3v) is 4.38. The van der Waals surface area contributed by atoms with E-state index in [1.54, 1.807) is 6.07 Å². The fourth-order valence-electron chi connectivity index (χ4n) is 1.98. The number of rotatable bonds is 11. The number of nitro groups is 1. The second-order valence-corrected chi connectivity index (χ2v) is 6.53. The summed E-state index contributed by atoms with van der Waals surface area (Å²) < 4.78 is 6.37. The molecule has 1 aromatic rings. The Labute approximate surface area is 142 Å². The van der Waals surface area contributed by atoms with Crippen molar-refractivity contribution >= 4 is 37.5 Å². The summed E-state index contributed by atoms with van der Waals surface area (Å²) in [5.74, 6) is 0.543. The van der Waals surface area contributed by atoms with Gasteiger partial charge in [-0.05, 0) is 34.8 Å². The van der Waals surface area contributed by atoms with Crippen molar-refractivity contribution in [3.8, 4) is 5.75 Å². The first-order valence-corrected chi connectivity index (χ1v) is 9.19. The molecule has 0 radical (unpaired) electrons. The van der Waals surface area contributed by atoms with E-state index in [1.165, 1.54) is 44.2 Å². The Kier molecular flexibility index (Phi) is 9.67. The van der Waals surface area contributed by atoms with Crippen LogP contribution in [0.3, 0.4) is 0 Å². The van der Waals surface area contributed by atoms with Crippen molar-refractivity contribution < 1.29 is 9.66 Å². The van der Waals surface area contributed by atoms with Gasteiger partial charge in [-0.3, -0.25) is 10.1 Å². The average molecular weight is 423 g/mol. The van der Waals surface area contributed by atoms with Gasteiger partial charge < -0.3 is 4.74 Å². The molecule has 4 nitrogen and oxygen atoms in total.